The molecular weight excluding hydrogens is 302 g/mol. The van der Waals surface area contributed by atoms with Gasteiger partial charge in [0.05, 0.1) is 16.9 Å². The third kappa shape index (κ3) is 3.20. The fourth-order valence-electron chi connectivity index (χ4n) is 1.55. The van der Waals surface area contributed by atoms with E-state index in [1.165, 1.54) is 23.1 Å². The van der Waals surface area contributed by atoms with Crippen LogP contribution in [0.2, 0.25) is 5.02 Å². The number of nitrogens with zero attached hydrogens (tertiary/aromatic N) is 3. The highest BCUT2D eigenvalue weighted by atomic mass is 35.5. The smallest absolute Gasteiger partial charge is 0.263 e. The van der Waals surface area contributed by atoms with Gasteiger partial charge in [-0.3, -0.25) is 9.40 Å². The average Bonchev–Trinajstić information content (AvgIpc) is 2.76. The van der Waals surface area contributed by atoms with Crippen molar-refractivity contribution in [2.45, 2.75) is 11.8 Å². The van der Waals surface area contributed by atoms with Crippen molar-refractivity contribution in [2.24, 2.45) is 7.05 Å². The van der Waals surface area contributed by atoms with Gasteiger partial charge in [0, 0.05) is 26.0 Å². The topological polar surface area (TPSA) is 88.9 Å². The van der Waals surface area contributed by atoms with Crippen LogP contribution in [0.3, 0.4) is 0 Å². The Bertz CT molecular complexity index is 713. The molecule has 0 radical (unpaired) electrons. The van der Waals surface area contributed by atoms with Crippen molar-refractivity contribution in [2.75, 3.05) is 16.6 Å². The number of aromatic nitrogens is 3. The van der Waals surface area contributed by atoms with E-state index < -0.39 is 10.0 Å². The number of halogens is 1. The summed E-state index contributed by atoms with van der Waals surface area (Å²) in [5.41, 5.74) is 0.374. The fraction of sp³-hybridized carbons (Fsp3) is 0.273. The summed E-state index contributed by atoms with van der Waals surface area (Å²) in [6.07, 6.45) is 4.22. The third-order valence-electron chi connectivity index (χ3n) is 2.43. The summed E-state index contributed by atoms with van der Waals surface area (Å²) in [7, 11) is -2.04. The van der Waals surface area contributed by atoms with Crippen molar-refractivity contribution in [3.63, 3.8) is 0 Å². The summed E-state index contributed by atoms with van der Waals surface area (Å²) in [6, 6.07) is 1.35. The summed E-state index contributed by atoms with van der Waals surface area (Å²) in [5, 5.41) is 7.08. The monoisotopic (exact) mass is 315 g/mol. The van der Waals surface area contributed by atoms with Gasteiger partial charge in [-0.15, -0.1) is 0 Å². The summed E-state index contributed by atoms with van der Waals surface area (Å²) >= 11 is 5.99. The van der Waals surface area contributed by atoms with Gasteiger partial charge in [0.2, 0.25) is 0 Å². The molecule has 0 saturated heterocycles. The molecule has 108 valence electrons. The molecule has 0 fully saturated rings. The molecule has 0 saturated carbocycles. The highest BCUT2D eigenvalue weighted by molar-refractivity contribution is 7.92. The number of rotatable bonds is 5. The first kappa shape index (κ1) is 14.6. The molecule has 0 spiro atoms. The Kier molecular flexibility index (Phi) is 4.15. The van der Waals surface area contributed by atoms with E-state index in [1.54, 1.807) is 13.2 Å². The lowest BCUT2D eigenvalue weighted by molar-refractivity contribution is 0.601. The van der Waals surface area contributed by atoms with Crippen molar-refractivity contribution >= 4 is 33.1 Å². The fourth-order valence-corrected chi connectivity index (χ4v) is 2.85. The highest BCUT2D eigenvalue weighted by Gasteiger charge is 2.17. The number of sulfonamides is 1. The van der Waals surface area contributed by atoms with Crippen LogP contribution in [0.15, 0.2) is 29.6 Å². The Labute approximate surface area is 122 Å². The van der Waals surface area contributed by atoms with E-state index in [-0.39, 0.29) is 9.92 Å². The lowest BCUT2D eigenvalue weighted by Crippen LogP contribution is -2.13. The molecule has 2 N–H and O–H groups in total. The van der Waals surface area contributed by atoms with Crippen molar-refractivity contribution in [1.82, 2.24) is 14.8 Å². The van der Waals surface area contributed by atoms with Crippen LogP contribution in [0.1, 0.15) is 6.92 Å². The Morgan fingerprint density at radius 2 is 2.15 bits per heavy atom. The summed E-state index contributed by atoms with van der Waals surface area (Å²) in [5.74, 6) is 0.453. The first-order valence-corrected chi connectivity index (χ1v) is 7.69. The Balaban J connectivity index is 2.27. The molecule has 7 nitrogen and oxygen atoms in total. The second-order valence-corrected chi connectivity index (χ2v) is 6.13. The SMILES string of the molecule is CCNc1ncc(S(=O)(=O)Nc2cnn(C)c2)cc1Cl. The van der Waals surface area contributed by atoms with Gasteiger partial charge in [-0.05, 0) is 13.0 Å². The van der Waals surface area contributed by atoms with Crippen LogP contribution in [-0.4, -0.2) is 29.7 Å². The molecule has 0 atom stereocenters. The second kappa shape index (κ2) is 5.68. The van der Waals surface area contributed by atoms with E-state index in [0.717, 1.165) is 0 Å². The minimum Gasteiger partial charge on any atom is -0.369 e. The van der Waals surface area contributed by atoms with Gasteiger partial charge in [0.25, 0.3) is 10.0 Å². The first-order chi connectivity index (χ1) is 9.42. The molecule has 20 heavy (non-hydrogen) atoms. The molecule has 0 aliphatic heterocycles. The number of hydrogen-bond acceptors (Lipinski definition) is 5. The number of pyridine rings is 1. The lowest BCUT2D eigenvalue weighted by Gasteiger charge is -2.08. The molecule has 2 aromatic heterocycles. The number of anilines is 2. The largest absolute Gasteiger partial charge is 0.369 e. The van der Waals surface area contributed by atoms with E-state index in [2.05, 4.69) is 20.1 Å². The zero-order chi connectivity index (χ0) is 14.8. The minimum atomic E-state index is -3.73. The first-order valence-electron chi connectivity index (χ1n) is 5.83. The molecule has 2 heterocycles. The van der Waals surface area contributed by atoms with Crippen LogP contribution in [0.5, 0.6) is 0 Å². The molecule has 2 rings (SSSR count). The van der Waals surface area contributed by atoms with Crippen LogP contribution in [-0.2, 0) is 17.1 Å². The minimum absolute atomic E-state index is 0.00648. The van der Waals surface area contributed by atoms with E-state index in [1.807, 2.05) is 6.92 Å². The molecule has 0 aromatic carbocycles. The van der Waals surface area contributed by atoms with Crippen LogP contribution in [0, 0.1) is 0 Å². The van der Waals surface area contributed by atoms with Crippen molar-refractivity contribution in [3.8, 4) is 0 Å². The second-order valence-electron chi connectivity index (χ2n) is 4.04. The number of nitrogens with one attached hydrogen (secondary N) is 2. The predicted molar refractivity (Wildman–Crippen MR) is 77.4 cm³/mol. The Morgan fingerprint density at radius 3 is 2.70 bits per heavy atom. The summed E-state index contributed by atoms with van der Waals surface area (Å²) in [6.45, 7) is 2.54. The van der Waals surface area contributed by atoms with E-state index >= 15 is 0 Å². The maximum atomic E-state index is 12.2. The van der Waals surface area contributed by atoms with Gasteiger partial charge < -0.3 is 5.32 Å². The molecule has 9 heteroatoms. The van der Waals surface area contributed by atoms with E-state index in [4.69, 9.17) is 11.6 Å². The van der Waals surface area contributed by atoms with Crippen LogP contribution in [0.4, 0.5) is 11.5 Å². The quantitative estimate of drug-likeness (QED) is 0.876. The van der Waals surface area contributed by atoms with Gasteiger partial charge in [-0.1, -0.05) is 11.6 Å². The van der Waals surface area contributed by atoms with Gasteiger partial charge in [-0.2, -0.15) is 5.10 Å². The van der Waals surface area contributed by atoms with Crippen LogP contribution < -0.4 is 10.0 Å². The van der Waals surface area contributed by atoms with Crippen molar-refractivity contribution in [3.05, 3.63) is 29.7 Å². The Morgan fingerprint density at radius 1 is 1.40 bits per heavy atom. The van der Waals surface area contributed by atoms with Crippen molar-refractivity contribution < 1.29 is 8.42 Å². The highest BCUT2D eigenvalue weighted by Crippen LogP contribution is 2.23. The van der Waals surface area contributed by atoms with Gasteiger partial charge >= 0.3 is 0 Å². The van der Waals surface area contributed by atoms with Gasteiger partial charge in [-0.25, -0.2) is 13.4 Å². The normalized spacial score (nSPS) is 11.3. The molecular formula is C11H14ClN5O2S. The maximum Gasteiger partial charge on any atom is 0.263 e. The molecule has 0 unspecified atom stereocenters. The number of hydrogen-bond donors (Lipinski definition) is 2. The summed E-state index contributed by atoms with van der Waals surface area (Å²) in [4.78, 5) is 3.99. The Hall–Kier alpha value is -1.80. The molecule has 0 aliphatic rings. The van der Waals surface area contributed by atoms with E-state index in [0.29, 0.717) is 18.1 Å². The third-order valence-corrected chi connectivity index (χ3v) is 4.06. The maximum absolute atomic E-state index is 12.2. The zero-order valence-corrected chi connectivity index (χ0v) is 12.5. The predicted octanol–water partition coefficient (Wildman–Crippen LogP) is 1.70. The number of aryl methyl sites for hydroxylation is 1. The zero-order valence-electron chi connectivity index (χ0n) is 11.0. The summed E-state index contributed by atoms with van der Waals surface area (Å²) < 4.78 is 28.2. The average molecular weight is 316 g/mol. The van der Waals surface area contributed by atoms with E-state index in [9.17, 15) is 8.42 Å². The van der Waals surface area contributed by atoms with Gasteiger partial charge in [0.1, 0.15) is 10.7 Å². The van der Waals surface area contributed by atoms with Crippen LogP contribution >= 0.6 is 11.6 Å². The standard InChI is InChI=1S/C11H14ClN5O2S/c1-3-13-11-10(12)4-9(6-14-11)20(18,19)16-8-5-15-17(2)7-8/h4-7,16H,3H2,1-2H3,(H,13,14). The molecule has 0 bridgehead atoms. The molecule has 0 aliphatic carbocycles. The molecule has 2 aromatic rings. The molecule has 0 amide bonds. The lowest BCUT2D eigenvalue weighted by atomic mass is 10.4. The van der Waals surface area contributed by atoms with Crippen LogP contribution in [0.25, 0.3) is 0 Å². The van der Waals surface area contributed by atoms with Gasteiger partial charge in [0.15, 0.2) is 0 Å². The van der Waals surface area contributed by atoms with Crippen molar-refractivity contribution in [1.29, 1.82) is 0 Å².